The van der Waals surface area contributed by atoms with E-state index in [9.17, 15) is 4.39 Å². The van der Waals surface area contributed by atoms with Crippen LogP contribution in [0, 0.1) is 5.82 Å². The summed E-state index contributed by atoms with van der Waals surface area (Å²) in [5.41, 5.74) is 5.93. The van der Waals surface area contributed by atoms with Crippen LogP contribution in [0.3, 0.4) is 0 Å². The van der Waals surface area contributed by atoms with Crippen molar-refractivity contribution >= 4 is 11.6 Å². The Morgan fingerprint density at radius 1 is 1.33 bits per heavy atom. The van der Waals surface area contributed by atoms with E-state index in [4.69, 9.17) is 17.3 Å². The predicted octanol–water partition coefficient (Wildman–Crippen LogP) is 1.96. The van der Waals surface area contributed by atoms with Crippen molar-refractivity contribution in [3.63, 3.8) is 0 Å². The highest BCUT2D eigenvalue weighted by Crippen LogP contribution is 2.18. The molecule has 0 amide bonds. The fourth-order valence-corrected chi connectivity index (χ4v) is 1.59. The van der Waals surface area contributed by atoms with Crippen molar-refractivity contribution in [1.82, 2.24) is 5.32 Å². The van der Waals surface area contributed by atoms with Gasteiger partial charge >= 0.3 is 0 Å². The third-order valence-corrected chi connectivity index (χ3v) is 2.53. The second-order valence-corrected chi connectivity index (χ2v) is 3.75. The van der Waals surface area contributed by atoms with E-state index in [0.717, 1.165) is 19.5 Å². The van der Waals surface area contributed by atoms with E-state index in [1.165, 1.54) is 6.07 Å². The molecule has 0 fully saturated rings. The van der Waals surface area contributed by atoms with Crippen LogP contribution in [0.4, 0.5) is 4.39 Å². The van der Waals surface area contributed by atoms with Crippen molar-refractivity contribution in [3.8, 4) is 0 Å². The van der Waals surface area contributed by atoms with E-state index in [1.54, 1.807) is 12.1 Å². The van der Waals surface area contributed by atoms with Crippen LogP contribution in [0.25, 0.3) is 0 Å². The lowest BCUT2D eigenvalue weighted by atomic mass is 10.1. The van der Waals surface area contributed by atoms with E-state index < -0.39 is 0 Å². The lowest BCUT2D eigenvalue weighted by molar-refractivity contribution is 0.594. The molecule has 0 heterocycles. The van der Waals surface area contributed by atoms with Gasteiger partial charge in [0.05, 0.1) is 0 Å². The normalized spacial score (nSPS) is 10.6. The molecule has 0 radical (unpaired) electrons. The molecule has 2 nitrogen and oxygen atoms in total. The van der Waals surface area contributed by atoms with Gasteiger partial charge in [-0.05, 0) is 44.6 Å². The van der Waals surface area contributed by atoms with Gasteiger partial charge in [-0.25, -0.2) is 4.39 Å². The van der Waals surface area contributed by atoms with E-state index in [-0.39, 0.29) is 5.82 Å². The highest BCUT2D eigenvalue weighted by molar-refractivity contribution is 6.31. The summed E-state index contributed by atoms with van der Waals surface area (Å²) in [4.78, 5) is 0. The first-order valence-corrected chi connectivity index (χ1v) is 5.47. The summed E-state index contributed by atoms with van der Waals surface area (Å²) in [6, 6.07) is 4.75. The minimum absolute atomic E-state index is 0.233. The molecule has 0 unspecified atom stereocenters. The first-order valence-electron chi connectivity index (χ1n) is 5.09. The molecule has 0 saturated carbocycles. The van der Waals surface area contributed by atoms with Gasteiger partial charge in [0.1, 0.15) is 5.82 Å². The Balaban J connectivity index is 2.37. The third kappa shape index (κ3) is 4.16. The molecule has 15 heavy (non-hydrogen) atoms. The Labute approximate surface area is 94.6 Å². The van der Waals surface area contributed by atoms with Crippen molar-refractivity contribution in [3.05, 3.63) is 34.6 Å². The van der Waals surface area contributed by atoms with Crippen LogP contribution in [-0.2, 0) is 6.42 Å². The van der Waals surface area contributed by atoms with Gasteiger partial charge in [-0.15, -0.1) is 0 Å². The fraction of sp³-hybridized carbons (Fsp3) is 0.455. The van der Waals surface area contributed by atoms with E-state index in [0.29, 0.717) is 23.6 Å². The van der Waals surface area contributed by atoms with Crippen LogP contribution in [0.2, 0.25) is 5.02 Å². The summed E-state index contributed by atoms with van der Waals surface area (Å²) < 4.78 is 13.3. The van der Waals surface area contributed by atoms with E-state index in [2.05, 4.69) is 5.32 Å². The second-order valence-electron chi connectivity index (χ2n) is 3.34. The van der Waals surface area contributed by atoms with Crippen molar-refractivity contribution in [2.24, 2.45) is 5.73 Å². The summed E-state index contributed by atoms with van der Waals surface area (Å²) in [6.45, 7) is 2.26. The molecule has 1 rings (SSSR count). The number of rotatable bonds is 6. The van der Waals surface area contributed by atoms with E-state index >= 15 is 0 Å². The van der Waals surface area contributed by atoms with Gasteiger partial charge in [0.2, 0.25) is 0 Å². The molecule has 3 N–H and O–H groups in total. The molecule has 0 bridgehead atoms. The van der Waals surface area contributed by atoms with Crippen LogP contribution in [-0.4, -0.2) is 19.6 Å². The van der Waals surface area contributed by atoms with Gasteiger partial charge in [-0.2, -0.15) is 0 Å². The first-order chi connectivity index (χ1) is 7.25. The Bertz CT molecular complexity index is 284. The fourth-order valence-electron chi connectivity index (χ4n) is 1.34. The van der Waals surface area contributed by atoms with Crippen molar-refractivity contribution in [1.29, 1.82) is 0 Å². The van der Waals surface area contributed by atoms with Crippen LogP contribution < -0.4 is 11.1 Å². The number of benzene rings is 1. The molecular formula is C11H16ClFN2. The smallest absolute Gasteiger partial charge is 0.127 e. The Morgan fingerprint density at radius 3 is 2.80 bits per heavy atom. The van der Waals surface area contributed by atoms with Crippen molar-refractivity contribution < 1.29 is 4.39 Å². The van der Waals surface area contributed by atoms with Crippen LogP contribution in [0.5, 0.6) is 0 Å². The maximum Gasteiger partial charge on any atom is 0.127 e. The predicted molar refractivity (Wildman–Crippen MR) is 61.7 cm³/mol. The van der Waals surface area contributed by atoms with Crippen LogP contribution in [0.1, 0.15) is 12.0 Å². The minimum atomic E-state index is -0.233. The molecule has 0 saturated heterocycles. The standard InChI is InChI=1S/C11H16ClFN2/c12-10-3-1-4-11(13)9(10)5-8-15-7-2-6-14/h1,3-4,15H,2,5-8,14H2. The van der Waals surface area contributed by atoms with Gasteiger partial charge in [-0.1, -0.05) is 17.7 Å². The minimum Gasteiger partial charge on any atom is -0.330 e. The van der Waals surface area contributed by atoms with Gasteiger partial charge in [0.15, 0.2) is 0 Å². The van der Waals surface area contributed by atoms with Gasteiger partial charge in [0.25, 0.3) is 0 Å². The van der Waals surface area contributed by atoms with Gasteiger partial charge < -0.3 is 11.1 Å². The molecule has 84 valence electrons. The summed E-state index contributed by atoms with van der Waals surface area (Å²) in [7, 11) is 0. The van der Waals surface area contributed by atoms with Gasteiger partial charge in [0, 0.05) is 10.6 Å². The highest BCUT2D eigenvalue weighted by Gasteiger charge is 2.05. The topological polar surface area (TPSA) is 38.0 Å². The summed E-state index contributed by atoms with van der Waals surface area (Å²) in [5, 5.41) is 3.68. The monoisotopic (exact) mass is 230 g/mol. The average Bonchev–Trinajstić information content (AvgIpc) is 2.21. The van der Waals surface area contributed by atoms with Crippen LogP contribution >= 0.6 is 11.6 Å². The van der Waals surface area contributed by atoms with Crippen molar-refractivity contribution in [2.45, 2.75) is 12.8 Å². The van der Waals surface area contributed by atoms with Crippen molar-refractivity contribution in [2.75, 3.05) is 19.6 Å². The summed E-state index contributed by atoms with van der Waals surface area (Å²) >= 11 is 5.88. The maximum absolute atomic E-state index is 13.3. The Hall–Kier alpha value is -0.640. The highest BCUT2D eigenvalue weighted by atomic mass is 35.5. The maximum atomic E-state index is 13.3. The third-order valence-electron chi connectivity index (χ3n) is 2.17. The number of hydrogen-bond donors (Lipinski definition) is 2. The molecule has 0 atom stereocenters. The summed E-state index contributed by atoms with van der Waals surface area (Å²) in [6.07, 6.45) is 1.54. The molecule has 1 aromatic carbocycles. The SMILES string of the molecule is NCCCNCCc1c(F)cccc1Cl. The quantitative estimate of drug-likeness (QED) is 0.734. The lowest BCUT2D eigenvalue weighted by Crippen LogP contribution is -2.21. The number of hydrogen-bond acceptors (Lipinski definition) is 2. The zero-order valence-corrected chi connectivity index (χ0v) is 9.36. The molecule has 1 aromatic rings. The zero-order chi connectivity index (χ0) is 11.1. The van der Waals surface area contributed by atoms with Crippen LogP contribution in [0.15, 0.2) is 18.2 Å². The first kappa shape index (κ1) is 12.4. The Kier molecular flexibility index (Phi) is 5.61. The molecule has 0 spiro atoms. The van der Waals surface area contributed by atoms with Gasteiger partial charge in [-0.3, -0.25) is 0 Å². The molecule has 0 aliphatic heterocycles. The Morgan fingerprint density at radius 2 is 2.13 bits per heavy atom. The summed E-state index contributed by atoms with van der Waals surface area (Å²) in [5.74, 6) is -0.233. The zero-order valence-electron chi connectivity index (χ0n) is 8.60. The molecule has 4 heteroatoms. The lowest BCUT2D eigenvalue weighted by Gasteiger charge is -2.06. The molecule has 0 aliphatic carbocycles. The largest absolute Gasteiger partial charge is 0.330 e. The second kappa shape index (κ2) is 6.77. The molecule has 0 aromatic heterocycles. The average molecular weight is 231 g/mol. The van der Waals surface area contributed by atoms with E-state index in [1.807, 2.05) is 0 Å². The number of nitrogens with one attached hydrogen (secondary N) is 1. The number of nitrogens with two attached hydrogens (primary N) is 1. The number of halogens is 2. The molecular weight excluding hydrogens is 215 g/mol. The molecule has 0 aliphatic rings.